The first kappa shape index (κ1) is 12.9. The van der Waals surface area contributed by atoms with Gasteiger partial charge in [-0.25, -0.2) is 0 Å². The summed E-state index contributed by atoms with van der Waals surface area (Å²) < 4.78 is 38.5. The molecule has 6 heteroatoms. The highest BCUT2D eigenvalue weighted by atomic mass is 19.4. The predicted molar refractivity (Wildman–Crippen MR) is 41.5 cm³/mol. The highest BCUT2D eigenvalue weighted by Gasteiger charge is 2.29. The Morgan fingerprint density at radius 3 is 2.21 bits per heavy atom. The van der Waals surface area contributed by atoms with Gasteiger partial charge < -0.3 is 4.74 Å². The molecule has 0 aromatic heterocycles. The zero-order chi connectivity index (χ0) is 11.2. The molecule has 0 saturated carbocycles. The third-order valence-electron chi connectivity index (χ3n) is 1.40. The Bertz CT molecular complexity index is 210. The summed E-state index contributed by atoms with van der Waals surface area (Å²) in [5, 5.41) is 0. The fraction of sp³-hybridized carbons (Fsp3) is 0.750. The van der Waals surface area contributed by atoms with Gasteiger partial charge in [0.05, 0.1) is 6.42 Å². The molecule has 0 atom stereocenters. The van der Waals surface area contributed by atoms with E-state index >= 15 is 0 Å². The normalized spacial score (nSPS) is 11.1. The molecule has 0 bridgehead atoms. The minimum absolute atomic E-state index is 0.0623. The molecule has 14 heavy (non-hydrogen) atoms. The topological polar surface area (TPSA) is 43.4 Å². The van der Waals surface area contributed by atoms with Crippen LogP contribution in [-0.4, -0.2) is 24.5 Å². The Morgan fingerprint density at radius 2 is 1.79 bits per heavy atom. The van der Waals surface area contributed by atoms with Crippen LogP contribution in [0.5, 0.6) is 0 Å². The summed E-state index contributed by atoms with van der Waals surface area (Å²) in [5.41, 5.74) is 0. The Morgan fingerprint density at radius 1 is 1.21 bits per heavy atom. The molecule has 0 N–H and O–H groups in total. The molecule has 0 radical (unpaired) electrons. The van der Waals surface area contributed by atoms with E-state index in [1.165, 1.54) is 0 Å². The zero-order valence-corrected chi connectivity index (χ0v) is 7.69. The molecule has 0 aliphatic heterocycles. The van der Waals surface area contributed by atoms with Crippen molar-refractivity contribution >= 4 is 11.8 Å². The first-order valence-electron chi connectivity index (χ1n) is 4.09. The third kappa shape index (κ3) is 7.57. The van der Waals surface area contributed by atoms with Crippen molar-refractivity contribution in [2.24, 2.45) is 0 Å². The summed E-state index contributed by atoms with van der Waals surface area (Å²) in [4.78, 5) is 21.3. The Labute approximate surface area is 79.2 Å². The first-order valence-corrected chi connectivity index (χ1v) is 4.09. The summed E-state index contributed by atoms with van der Waals surface area (Å²) in [6, 6.07) is 0. The third-order valence-corrected chi connectivity index (χ3v) is 1.40. The van der Waals surface area contributed by atoms with Gasteiger partial charge in [-0.1, -0.05) is 6.92 Å². The fourth-order valence-electron chi connectivity index (χ4n) is 0.653. The predicted octanol–water partition coefficient (Wildman–Crippen LogP) is 1.85. The lowest BCUT2D eigenvalue weighted by Gasteiger charge is -2.06. The van der Waals surface area contributed by atoms with Crippen LogP contribution in [0, 0.1) is 0 Å². The molecule has 0 aromatic rings. The maximum atomic E-state index is 11.5. The second-order valence-corrected chi connectivity index (χ2v) is 2.67. The number of carbonyl (C=O) groups is 2. The van der Waals surface area contributed by atoms with Crippen LogP contribution in [0.4, 0.5) is 13.2 Å². The molecule has 0 rings (SSSR count). The van der Waals surface area contributed by atoms with Gasteiger partial charge in [-0.15, -0.1) is 0 Å². The number of halogens is 3. The van der Waals surface area contributed by atoms with Gasteiger partial charge >= 0.3 is 12.1 Å². The quantitative estimate of drug-likeness (QED) is 0.653. The van der Waals surface area contributed by atoms with Gasteiger partial charge in [-0.2, -0.15) is 13.2 Å². The SMILES string of the molecule is CCC(=O)CCC(=O)OCC(F)(F)F. The van der Waals surface area contributed by atoms with Crippen molar-refractivity contribution < 1.29 is 27.5 Å². The van der Waals surface area contributed by atoms with E-state index in [9.17, 15) is 22.8 Å². The van der Waals surface area contributed by atoms with Crippen molar-refractivity contribution in [2.75, 3.05) is 6.61 Å². The van der Waals surface area contributed by atoms with Crippen molar-refractivity contribution in [2.45, 2.75) is 32.4 Å². The van der Waals surface area contributed by atoms with E-state index in [2.05, 4.69) is 4.74 Å². The van der Waals surface area contributed by atoms with Crippen molar-refractivity contribution in [3.05, 3.63) is 0 Å². The van der Waals surface area contributed by atoms with Crippen LogP contribution in [0.2, 0.25) is 0 Å². The average Bonchev–Trinajstić information content (AvgIpc) is 2.09. The van der Waals surface area contributed by atoms with Gasteiger partial charge in [-0.3, -0.25) is 9.59 Å². The molecule has 0 heterocycles. The second kappa shape index (κ2) is 5.62. The van der Waals surface area contributed by atoms with Gasteiger partial charge in [-0.05, 0) is 0 Å². The first-order chi connectivity index (χ1) is 6.35. The van der Waals surface area contributed by atoms with Crippen molar-refractivity contribution in [1.82, 2.24) is 0 Å². The summed E-state index contributed by atoms with van der Waals surface area (Å²) in [5.74, 6) is -1.17. The van der Waals surface area contributed by atoms with E-state index in [1.54, 1.807) is 6.92 Å². The van der Waals surface area contributed by atoms with Gasteiger partial charge in [0.2, 0.25) is 0 Å². The van der Waals surface area contributed by atoms with Gasteiger partial charge in [0.25, 0.3) is 0 Å². The Hall–Kier alpha value is -1.07. The molecule has 0 aliphatic rings. The van der Waals surface area contributed by atoms with E-state index < -0.39 is 18.8 Å². The molecular weight excluding hydrogens is 201 g/mol. The van der Waals surface area contributed by atoms with Gasteiger partial charge in [0, 0.05) is 12.8 Å². The molecule has 0 saturated heterocycles. The largest absolute Gasteiger partial charge is 0.456 e. The highest BCUT2D eigenvalue weighted by Crippen LogP contribution is 2.14. The summed E-state index contributed by atoms with van der Waals surface area (Å²) in [7, 11) is 0. The Balaban J connectivity index is 3.62. The van der Waals surface area contributed by atoms with Crippen LogP contribution in [0.1, 0.15) is 26.2 Å². The number of esters is 1. The van der Waals surface area contributed by atoms with Crippen LogP contribution < -0.4 is 0 Å². The monoisotopic (exact) mass is 212 g/mol. The molecule has 82 valence electrons. The molecule has 0 aliphatic carbocycles. The minimum atomic E-state index is -4.51. The maximum Gasteiger partial charge on any atom is 0.422 e. The van der Waals surface area contributed by atoms with Crippen molar-refractivity contribution in [3.63, 3.8) is 0 Å². The smallest absolute Gasteiger partial charge is 0.422 e. The van der Waals surface area contributed by atoms with Gasteiger partial charge in [0.15, 0.2) is 6.61 Å². The van der Waals surface area contributed by atoms with Crippen molar-refractivity contribution in [1.29, 1.82) is 0 Å². The number of hydrogen-bond donors (Lipinski definition) is 0. The summed E-state index contributed by atoms with van der Waals surface area (Å²) >= 11 is 0. The average molecular weight is 212 g/mol. The standard InChI is InChI=1S/C8H11F3O3/c1-2-6(12)3-4-7(13)14-5-8(9,10)11/h2-5H2,1H3. The van der Waals surface area contributed by atoms with E-state index in [4.69, 9.17) is 0 Å². The number of Topliss-reactive ketones (excluding diaryl/α,β-unsaturated/α-hetero) is 1. The number of ether oxygens (including phenoxy) is 1. The number of rotatable bonds is 5. The number of hydrogen-bond acceptors (Lipinski definition) is 3. The molecule has 0 spiro atoms. The lowest BCUT2D eigenvalue weighted by molar-refractivity contribution is -0.186. The van der Waals surface area contributed by atoms with Crippen LogP contribution in [0.15, 0.2) is 0 Å². The molecule has 0 fully saturated rings. The number of ketones is 1. The highest BCUT2D eigenvalue weighted by molar-refractivity contribution is 5.82. The zero-order valence-electron chi connectivity index (χ0n) is 7.69. The van der Waals surface area contributed by atoms with E-state index in [1.807, 2.05) is 0 Å². The van der Waals surface area contributed by atoms with Crippen LogP contribution >= 0.6 is 0 Å². The van der Waals surface area contributed by atoms with Crippen molar-refractivity contribution in [3.8, 4) is 0 Å². The van der Waals surface area contributed by atoms with Gasteiger partial charge in [0.1, 0.15) is 5.78 Å². The van der Waals surface area contributed by atoms with Crippen LogP contribution in [-0.2, 0) is 14.3 Å². The summed E-state index contributed by atoms with van der Waals surface area (Å²) in [6.45, 7) is 0.0233. The minimum Gasteiger partial charge on any atom is -0.456 e. The molecule has 0 amide bonds. The molecular formula is C8H11F3O3. The molecule has 3 nitrogen and oxygen atoms in total. The lowest BCUT2D eigenvalue weighted by atomic mass is 10.2. The second-order valence-electron chi connectivity index (χ2n) is 2.67. The lowest BCUT2D eigenvalue weighted by Crippen LogP contribution is -2.20. The van der Waals surface area contributed by atoms with Crippen LogP contribution in [0.3, 0.4) is 0 Å². The van der Waals surface area contributed by atoms with E-state index in [-0.39, 0.29) is 25.0 Å². The summed E-state index contributed by atoms with van der Waals surface area (Å²) in [6.07, 6.45) is -4.59. The molecule has 0 unspecified atom stereocenters. The van der Waals surface area contributed by atoms with E-state index in [0.717, 1.165) is 0 Å². The number of carbonyl (C=O) groups excluding carboxylic acids is 2. The van der Waals surface area contributed by atoms with Crippen LogP contribution in [0.25, 0.3) is 0 Å². The fourth-order valence-corrected chi connectivity index (χ4v) is 0.653. The van der Waals surface area contributed by atoms with E-state index in [0.29, 0.717) is 0 Å². The molecule has 0 aromatic carbocycles. The number of alkyl halides is 3. The maximum absolute atomic E-state index is 11.5. The Kier molecular flexibility index (Phi) is 5.19.